The molecule has 1 aromatic carbocycles. The third-order valence-corrected chi connectivity index (χ3v) is 5.71. The van der Waals surface area contributed by atoms with Crippen molar-refractivity contribution < 1.29 is 0 Å². The number of nitrogens with one attached hydrogen (secondary N) is 1. The van der Waals surface area contributed by atoms with Gasteiger partial charge in [-0.1, -0.05) is 29.3 Å². The van der Waals surface area contributed by atoms with Crippen molar-refractivity contribution in [2.75, 3.05) is 13.1 Å². The Balaban J connectivity index is 2.02. The Hall–Kier alpha value is -0.960. The highest BCUT2D eigenvalue weighted by Gasteiger charge is 2.35. The number of hydrogen-bond acceptors (Lipinski definition) is 1. The van der Waals surface area contributed by atoms with Gasteiger partial charge in [0.05, 0.1) is 10.0 Å². The van der Waals surface area contributed by atoms with Crippen LogP contribution in [0.15, 0.2) is 30.3 Å². The Morgan fingerprint density at radius 2 is 1.64 bits per heavy atom. The Labute approximate surface area is 142 Å². The maximum Gasteiger partial charge on any atom is 0.0595 e. The number of nitrogens with zero attached hydrogens (tertiary/aromatic N) is 1. The minimum absolute atomic E-state index is 0.119. The zero-order chi connectivity index (χ0) is 15.7. The third-order valence-electron chi connectivity index (χ3n) is 4.97. The highest BCUT2D eigenvalue weighted by atomic mass is 35.5. The van der Waals surface area contributed by atoms with Crippen LogP contribution in [-0.2, 0) is 12.0 Å². The normalized spacial score (nSPS) is 17.6. The number of rotatable bonds is 3. The first-order valence-corrected chi connectivity index (χ1v) is 8.56. The van der Waals surface area contributed by atoms with Gasteiger partial charge in [0.25, 0.3) is 0 Å². The van der Waals surface area contributed by atoms with Gasteiger partial charge in [-0.3, -0.25) is 0 Å². The predicted molar refractivity (Wildman–Crippen MR) is 94.1 cm³/mol. The molecule has 0 aliphatic carbocycles. The Kier molecular flexibility index (Phi) is 4.54. The average molecular weight is 337 g/mol. The van der Waals surface area contributed by atoms with Gasteiger partial charge in [-0.05, 0) is 69.6 Å². The van der Waals surface area contributed by atoms with E-state index in [9.17, 15) is 0 Å². The van der Waals surface area contributed by atoms with E-state index in [-0.39, 0.29) is 5.41 Å². The van der Waals surface area contributed by atoms with Crippen molar-refractivity contribution in [3.8, 4) is 0 Å². The van der Waals surface area contributed by atoms with E-state index in [2.05, 4.69) is 48.0 Å². The average Bonchev–Trinajstić information content (AvgIpc) is 2.83. The SMILES string of the molecule is Cc1ccc(C)n1CC1(c2ccc(Cl)c(Cl)c2)CCNCC1. The second-order valence-corrected chi connectivity index (χ2v) is 7.18. The molecule has 1 aromatic heterocycles. The van der Waals surface area contributed by atoms with Gasteiger partial charge in [0.1, 0.15) is 0 Å². The topological polar surface area (TPSA) is 17.0 Å². The molecule has 1 fully saturated rings. The van der Waals surface area contributed by atoms with Crippen LogP contribution >= 0.6 is 23.2 Å². The Bertz CT molecular complexity index is 650. The van der Waals surface area contributed by atoms with Crippen LogP contribution in [-0.4, -0.2) is 17.7 Å². The second-order valence-electron chi connectivity index (χ2n) is 6.36. The molecule has 1 saturated heterocycles. The molecule has 0 saturated carbocycles. The second kappa shape index (κ2) is 6.27. The molecule has 2 nitrogen and oxygen atoms in total. The highest BCUT2D eigenvalue weighted by molar-refractivity contribution is 6.42. The summed E-state index contributed by atoms with van der Waals surface area (Å²) in [6.45, 7) is 7.43. The van der Waals surface area contributed by atoms with Crippen molar-refractivity contribution in [3.05, 3.63) is 57.3 Å². The summed E-state index contributed by atoms with van der Waals surface area (Å²) >= 11 is 12.4. The molecule has 1 N–H and O–H groups in total. The molecule has 1 aliphatic rings. The fourth-order valence-corrected chi connectivity index (χ4v) is 3.82. The van der Waals surface area contributed by atoms with Gasteiger partial charge in [-0.25, -0.2) is 0 Å². The molecule has 4 heteroatoms. The first-order valence-electron chi connectivity index (χ1n) is 7.81. The van der Waals surface area contributed by atoms with Gasteiger partial charge >= 0.3 is 0 Å². The number of aryl methyl sites for hydroxylation is 2. The number of piperidine rings is 1. The predicted octanol–water partition coefficient (Wildman–Crippen LogP) is 4.73. The zero-order valence-corrected chi connectivity index (χ0v) is 14.6. The van der Waals surface area contributed by atoms with Crippen LogP contribution in [0.4, 0.5) is 0 Å². The van der Waals surface area contributed by atoms with E-state index < -0.39 is 0 Å². The molecule has 0 atom stereocenters. The molecule has 0 radical (unpaired) electrons. The molecule has 0 amide bonds. The summed E-state index contributed by atoms with van der Waals surface area (Å²) in [6.07, 6.45) is 2.23. The molecule has 22 heavy (non-hydrogen) atoms. The lowest BCUT2D eigenvalue weighted by atomic mass is 9.73. The van der Waals surface area contributed by atoms with Crippen molar-refractivity contribution in [1.29, 1.82) is 0 Å². The minimum atomic E-state index is 0.119. The van der Waals surface area contributed by atoms with Crippen LogP contribution < -0.4 is 5.32 Å². The number of aromatic nitrogens is 1. The summed E-state index contributed by atoms with van der Waals surface area (Å²) in [5.74, 6) is 0. The summed E-state index contributed by atoms with van der Waals surface area (Å²) < 4.78 is 2.42. The third kappa shape index (κ3) is 2.92. The van der Waals surface area contributed by atoms with Gasteiger partial charge in [0.15, 0.2) is 0 Å². The monoisotopic (exact) mass is 336 g/mol. The van der Waals surface area contributed by atoms with Gasteiger partial charge in [-0.15, -0.1) is 0 Å². The molecule has 2 heterocycles. The van der Waals surface area contributed by atoms with Crippen LogP contribution in [0.3, 0.4) is 0 Å². The molecule has 0 unspecified atom stereocenters. The van der Waals surface area contributed by atoms with Crippen LogP contribution in [0, 0.1) is 13.8 Å². The van der Waals surface area contributed by atoms with Gasteiger partial charge in [0.2, 0.25) is 0 Å². The lowest BCUT2D eigenvalue weighted by Gasteiger charge is -2.39. The molecule has 0 spiro atoms. The summed E-state index contributed by atoms with van der Waals surface area (Å²) in [5.41, 5.74) is 4.05. The fraction of sp³-hybridized carbons (Fsp3) is 0.444. The summed E-state index contributed by atoms with van der Waals surface area (Å²) in [6, 6.07) is 10.5. The van der Waals surface area contributed by atoms with Crippen LogP contribution in [0.1, 0.15) is 29.8 Å². The van der Waals surface area contributed by atoms with E-state index in [1.54, 1.807) is 0 Å². The maximum atomic E-state index is 6.29. The fourth-order valence-electron chi connectivity index (χ4n) is 3.52. The number of hydrogen-bond donors (Lipinski definition) is 1. The van der Waals surface area contributed by atoms with E-state index in [4.69, 9.17) is 23.2 Å². The van der Waals surface area contributed by atoms with Crippen molar-refractivity contribution in [2.24, 2.45) is 0 Å². The van der Waals surface area contributed by atoms with Crippen LogP contribution in [0.2, 0.25) is 10.0 Å². The van der Waals surface area contributed by atoms with E-state index in [1.807, 2.05) is 6.07 Å². The van der Waals surface area contributed by atoms with Crippen molar-refractivity contribution in [1.82, 2.24) is 9.88 Å². The molecule has 1 aliphatic heterocycles. The standard InChI is InChI=1S/C18H22Cl2N2/c1-13-3-4-14(2)22(13)12-18(7-9-21-10-8-18)15-5-6-16(19)17(20)11-15/h3-6,11,21H,7-10,12H2,1-2H3. The largest absolute Gasteiger partial charge is 0.348 e. The van der Waals surface area contributed by atoms with Crippen LogP contribution in [0.25, 0.3) is 0 Å². The van der Waals surface area contributed by atoms with Crippen molar-refractivity contribution in [2.45, 2.75) is 38.6 Å². The molecule has 0 bridgehead atoms. The first kappa shape index (κ1) is 15.9. The van der Waals surface area contributed by atoms with E-state index in [0.717, 1.165) is 32.5 Å². The quantitative estimate of drug-likeness (QED) is 0.856. The summed E-state index contributed by atoms with van der Waals surface area (Å²) in [4.78, 5) is 0. The smallest absolute Gasteiger partial charge is 0.0595 e. The highest BCUT2D eigenvalue weighted by Crippen LogP contribution is 2.38. The van der Waals surface area contributed by atoms with Crippen molar-refractivity contribution >= 4 is 23.2 Å². The number of halogens is 2. The Morgan fingerprint density at radius 1 is 1.00 bits per heavy atom. The zero-order valence-electron chi connectivity index (χ0n) is 13.1. The molecule has 118 valence electrons. The summed E-state index contributed by atoms with van der Waals surface area (Å²) in [7, 11) is 0. The lowest BCUT2D eigenvalue weighted by molar-refractivity contribution is 0.266. The van der Waals surface area contributed by atoms with E-state index in [1.165, 1.54) is 17.0 Å². The van der Waals surface area contributed by atoms with Gasteiger partial charge in [0, 0.05) is 23.3 Å². The molecule has 3 rings (SSSR count). The van der Waals surface area contributed by atoms with E-state index in [0.29, 0.717) is 10.0 Å². The summed E-state index contributed by atoms with van der Waals surface area (Å²) in [5, 5.41) is 4.75. The number of benzene rings is 1. The van der Waals surface area contributed by atoms with Crippen LogP contribution in [0.5, 0.6) is 0 Å². The van der Waals surface area contributed by atoms with E-state index >= 15 is 0 Å². The lowest BCUT2D eigenvalue weighted by Crippen LogP contribution is -2.43. The van der Waals surface area contributed by atoms with Crippen molar-refractivity contribution in [3.63, 3.8) is 0 Å². The Morgan fingerprint density at radius 3 is 2.23 bits per heavy atom. The minimum Gasteiger partial charge on any atom is -0.348 e. The van der Waals surface area contributed by atoms with Gasteiger partial charge in [-0.2, -0.15) is 0 Å². The maximum absolute atomic E-state index is 6.29. The first-order chi connectivity index (χ1) is 10.5. The molecular weight excluding hydrogens is 315 g/mol. The van der Waals surface area contributed by atoms with Gasteiger partial charge < -0.3 is 9.88 Å². The molecular formula is C18H22Cl2N2. The molecule has 2 aromatic rings.